The first-order valence-electron chi connectivity index (χ1n) is 14.4. The average Bonchev–Trinajstić information content (AvgIpc) is 2.98. The number of hydrogen-bond donors (Lipinski definition) is 0. The Hall–Kier alpha value is -4.64. The third-order valence-electron chi connectivity index (χ3n) is 7.65. The third kappa shape index (κ3) is 6.44. The van der Waals surface area contributed by atoms with Crippen LogP contribution < -0.4 is 0 Å². The lowest BCUT2D eigenvalue weighted by atomic mass is 9.93. The molecule has 0 N–H and O–H groups in total. The molecule has 0 heterocycles. The topological polar surface area (TPSA) is 0 Å². The molecule has 5 rings (SSSR count). The molecule has 0 unspecified atom stereocenters. The summed E-state index contributed by atoms with van der Waals surface area (Å²) < 4.78 is 117. The van der Waals surface area contributed by atoms with E-state index >= 15 is 17.6 Å². The first-order valence-corrected chi connectivity index (χ1v) is 14.4. The summed E-state index contributed by atoms with van der Waals surface area (Å²) >= 11 is 0. The van der Waals surface area contributed by atoms with Crippen molar-refractivity contribution in [2.24, 2.45) is 0 Å². The van der Waals surface area contributed by atoms with Crippen molar-refractivity contribution >= 4 is 10.8 Å². The van der Waals surface area contributed by atoms with Crippen LogP contribution in [0.5, 0.6) is 0 Å². The Morgan fingerprint density at radius 1 is 0.578 bits per heavy atom. The van der Waals surface area contributed by atoms with Crippen molar-refractivity contribution in [2.75, 3.05) is 0 Å². The first-order chi connectivity index (χ1) is 21.5. The molecule has 0 saturated carbocycles. The molecule has 8 heteroatoms. The second-order valence-electron chi connectivity index (χ2n) is 10.7. The van der Waals surface area contributed by atoms with Crippen molar-refractivity contribution in [3.8, 4) is 34.1 Å². The summed E-state index contributed by atoms with van der Waals surface area (Å²) in [5.74, 6) is -4.10. The predicted octanol–water partition coefficient (Wildman–Crippen LogP) is 11.0. The lowest BCUT2D eigenvalue weighted by Crippen LogP contribution is -2.00. The highest BCUT2D eigenvalue weighted by Gasteiger charge is 2.21. The van der Waals surface area contributed by atoms with Crippen LogP contribution >= 0.6 is 0 Å². The number of benzene rings is 5. The standard InChI is InChI=1S/C37H26F8/c1-3-5-6-7-21-12-24-19-31(41)35(37(45)34(24)30(40)14-21)25-15-22(4-2)26(29(39)18-25)10-8-20-9-11-27(28(38)13-20)23-16-32(42)36(44)33(43)17-23/h9,11-19H,3-7H2,1-2H3. The lowest BCUT2D eigenvalue weighted by molar-refractivity contribution is 0.447. The van der Waals surface area contributed by atoms with Gasteiger partial charge in [0.2, 0.25) is 0 Å². The summed E-state index contributed by atoms with van der Waals surface area (Å²) in [6, 6.07) is 11.0. The fourth-order valence-corrected chi connectivity index (χ4v) is 5.36. The summed E-state index contributed by atoms with van der Waals surface area (Å²) in [6.45, 7) is 3.72. The maximum absolute atomic E-state index is 15.7. The summed E-state index contributed by atoms with van der Waals surface area (Å²) in [5, 5.41) is -0.309. The van der Waals surface area contributed by atoms with Crippen LogP contribution in [-0.4, -0.2) is 0 Å². The van der Waals surface area contributed by atoms with E-state index in [4.69, 9.17) is 0 Å². The van der Waals surface area contributed by atoms with E-state index in [1.807, 2.05) is 6.92 Å². The average molecular weight is 623 g/mol. The summed E-state index contributed by atoms with van der Waals surface area (Å²) in [6.07, 6.45) is 3.52. The molecule has 0 radical (unpaired) electrons. The maximum atomic E-state index is 15.7. The molecule has 0 atom stereocenters. The van der Waals surface area contributed by atoms with Crippen LogP contribution in [0.15, 0.2) is 60.7 Å². The van der Waals surface area contributed by atoms with Gasteiger partial charge in [-0.15, -0.1) is 0 Å². The number of rotatable bonds is 7. The highest BCUT2D eigenvalue weighted by molar-refractivity contribution is 5.90. The van der Waals surface area contributed by atoms with E-state index in [1.54, 1.807) is 13.0 Å². The zero-order chi connectivity index (χ0) is 32.4. The maximum Gasteiger partial charge on any atom is 0.194 e. The second-order valence-corrected chi connectivity index (χ2v) is 10.7. The monoisotopic (exact) mass is 622 g/mol. The number of hydrogen-bond acceptors (Lipinski definition) is 0. The van der Waals surface area contributed by atoms with Gasteiger partial charge in [0.05, 0.1) is 16.5 Å². The Morgan fingerprint density at radius 3 is 1.96 bits per heavy atom. The van der Waals surface area contributed by atoms with Crippen molar-refractivity contribution in [2.45, 2.75) is 46.0 Å². The van der Waals surface area contributed by atoms with Gasteiger partial charge in [0.1, 0.15) is 29.1 Å². The van der Waals surface area contributed by atoms with Gasteiger partial charge < -0.3 is 0 Å². The molecule has 45 heavy (non-hydrogen) atoms. The van der Waals surface area contributed by atoms with Crippen LogP contribution in [-0.2, 0) is 12.8 Å². The van der Waals surface area contributed by atoms with Crippen molar-refractivity contribution in [3.05, 3.63) is 129 Å². The van der Waals surface area contributed by atoms with Gasteiger partial charge >= 0.3 is 0 Å². The minimum Gasteiger partial charge on any atom is -0.206 e. The Labute approximate surface area is 255 Å². The Kier molecular flexibility index (Phi) is 9.29. The zero-order valence-electron chi connectivity index (χ0n) is 24.3. The molecule has 230 valence electrons. The van der Waals surface area contributed by atoms with E-state index in [9.17, 15) is 17.6 Å². The SMILES string of the molecule is CCCCCc1cc(F)c2c(F)c(-c3cc(F)c(C#Cc4ccc(-c5cc(F)c(F)c(F)c5)c(F)c4)c(CC)c3)c(F)cc2c1. The van der Waals surface area contributed by atoms with Gasteiger partial charge in [-0.3, -0.25) is 0 Å². The second kappa shape index (κ2) is 13.2. The van der Waals surface area contributed by atoms with Crippen molar-refractivity contribution < 1.29 is 35.1 Å². The van der Waals surface area contributed by atoms with E-state index in [-0.39, 0.29) is 45.0 Å². The van der Waals surface area contributed by atoms with Crippen LogP contribution in [0.2, 0.25) is 0 Å². The number of aryl methyl sites for hydroxylation is 2. The van der Waals surface area contributed by atoms with Gasteiger partial charge in [-0.05, 0) is 95.4 Å². The van der Waals surface area contributed by atoms with E-state index in [0.717, 1.165) is 37.5 Å². The molecule has 0 aliphatic rings. The fourth-order valence-electron chi connectivity index (χ4n) is 5.36. The summed E-state index contributed by atoms with van der Waals surface area (Å²) in [4.78, 5) is 0. The van der Waals surface area contributed by atoms with Gasteiger partial charge in [0.15, 0.2) is 17.5 Å². The first kappa shape index (κ1) is 31.8. The van der Waals surface area contributed by atoms with Gasteiger partial charge in [0.25, 0.3) is 0 Å². The zero-order valence-corrected chi connectivity index (χ0v) is 24.3. The molecule has 0 saturated heterocycles. The van der Waals surface area contributed by atoms with E-state index < -0.39 is 52.1 Å². The van der Waals surface area contributed by atoms with Crippen LogP contribution in [0, 0.1) is 58.4 Å². The van der Waals surface area contributed by atoms with E-state index in [1.165, 1.54) is 24.3 Å². The fraction of sp³-hybridized carbons (Fsp3) is 0.189. The Bertz CT molecular complexity index is 1980. The molecule has 0 fully saturated rings. The minimum atomic E-state index is -1.67. The Morgan fingerprint density at radius 2 is 1.29 bits per heavy atom. The normalized spacial score (nSPS) is 11.2. The predicted molar refractivity (Wildman–Crippen MR) is 160 cm³/mol. The molecule has 5 aromatic carbocycles. The molecule has 0 bridgehead atoms. The molecule has 0 spiro atoms. The molecule has 0 aliphatic heterocycles. The van der Waals surface area contributed by atoms with Crippen LogP contribution in [0.1, 0.15) is 55.4 Å². The number of fused-ring (bicyclic) bond motifs is 1. The third-order valence-corrected chi connectivity index (χ3v) is 7.65. The highest BCUT2D eigenvalue weighted by Crippen LogP contribution is 2.36. The summed E-state index contributed by atoms with van der Waals surface area (Å²) in [7, 11) is 0. The number of halogens is 8. The highest BCUT2D eigenvalue weighted by atomic mass is 19.2. The largest absolute Gasteiger partial charge is 0.206 e. The van der Waals surface area contributed by atoms with Crippen LogP contribution in [0.4, 0.5) is 35.1 Å². The van der Waals surface area contributed by atoms with Crippen LogP contribution in [0.25, 0.3) is 33.0 Å². The van der Waals surface area contributed by atoms with Crippen molar-refractivity contribution in [3.63, 3.8) is 0 Å². The molecular weight excluding hydrogens is 596 g/mol. The van der Waals surface area contributed by atoms with Gasteiger partial charge in [-0.1, -0.05) is 50.7 Å². The van der Waals surface area contributed by atoms with Crippen molar-refractivity contribution in [1.29, 1.82) is 0 Å². The molecule has 5 aromatic rings. The van der Waals surface area contributed by atoms with Gasteiger partial charge in [0, 0.05) is 11.1 Å². The van der Waals surface area contributed by atoms with Gasteiger partial charge in [-0.2, -0.15) is 0 Å². The van der Waals surface area contributed by atoms with Gasteiger partial charge in [-0.25, -0.2) is 35.1 Å². The molecule has 0 aliphatic carbocycles. The van der Waals surface area contributed by atoms with Crippen LogP contribution in [0.3, 0.4) is 0 Å². The Balaban J connectivity index is 1.50. The smallest absolute Gasteiger partial charge is 0.194 e. The minimum absolute atomic E-state index is 0.0758. The molecular formula is C37H26F8. The molecule has 0 aromatic heterocycles. The summed E-state index contributed by atoms with van der Waals surface area (Å²) in [5.41, 5.74) is -0.177. The van der Waals surface area contributed by atoms with E-state index in [0.29, 0.717) is 29.7 Å². The lowest BCUT2D eigenvalue weighted by Gasteiger charge is -2.13. The molecule has 0 nitrogen and oxygen atoms in total. The number of unbranched alkanes of at least 4 members (excludes halogenated alkanes) is 2. The quantitative estimate of drug-likeness (QED) is 0.0733. The van der Waals surface area contributed by atoms with E-state index in [2.05, 4.69) is 11.8 Å². The molecule has 0 amide bonds. The van der Waals surface area contributed by atoms with Crippen molar-refractivity contribution in [1.82, 2.24) is 0 Å².